The van der Waals surface area contributed by atoms with Crippen LogP contribution in [-0.2, 0) is 24.6 Å². The maximum absolute atomic E-state index is 9.19. The van der Waals surface area contributed by atoms with Crippen LogP contribution in [0.3, 0.4) is 0 Å². The minimum Gasteiger partial charge on any atom is -0.330 e. The standard InChI is InChI=1S/C17H27NO3.CH4O3S/c18-10-11-1-3-16(4-2-11)19-17(21-20-16)14-6-12-5-13(8-14)9-15(17)7-12;1-5(2,3)4/h11-15H,1-10,18H2;1H3,(H,2,3,4). The van der Waals surface area contributed by atoms with Crippen LogP contribution >= 0.6 is 0 Å². The van der Waals surface area contributed by atoms with Gasteiger partial charge in [0.15, 0.2) is 0 Å². The quantitative estimate of drug-likeness (QED) is 0.524. The Morgan fingerprint density at radius 3 is 1.96 bits per heavy atom. The van der Waals surface area contributed by atoms with E-state index in [1.54, 1.807) is 0 Å². The number of hydrogen-bond acceptors (Lipinski definition) is 6. The van der Waals surface area contributed by atoms with Gasteiger partial charge in [-0.05, 0) is 69.2 Å². The van der Waals surface area contributed by atoms with Crippen molar-refractivity contribution >= 4 is 10.1 Å². The molecule has 3 N–H and O–H groups in total. The molecule has 0 radical (unpaired) electrons. The summed E-state index contributed by atoms with van der Waals surface area (Å²) in [5.74, 6) is 2.77. The third kappa shape index (κ3) is 3.56. The summed E-state index contributed by atoms with van der Waals surface area (Å²) < 4.78 is 32.5. The maximum atomic E-state index is 9.19. The molecule has 150 valence electrons. The SMILES string of the molecule is CS(=O)(=O)O.NCC1CCC2(CC1)OOC1(O2)C2CC3CC(C2)CC1C3. The summed E-state index contributed by atoms with van der Waals surface area (Å²) in [6.45, 7) is 0.788. The molecule has 2 spiro atoms. The van der Waals surface area contributed by atoms with Crippen LogP contribution in [0.15, 0.2) is 0 Å². The Morgan fingerprint density at radius 2 is 1.50 bits per heavy atom. The molecule has 6 fully saturated rings. The Kier molecular flexibility index (Phi) is 4.90. The lowest BCUT2D eigenvalue weighted by molar-refractivity contribution is -0.390. The Hall–Kier alpha value is -0.250. The van der Waals surface area contributed by atoms with E-state index in [4.69, 9.17) is 24.8 Å². The highest BCUT2D eigenvalue weighted by Gasteiger charge is 2.66. The van der Waals surface area contributed by atoms with Crippen molar-refractivity contribution in [2.75, 3.05) is 12.8 Å². The molecule has 8 heteroatoms. The van der Waals surface area contributed by atoms with Gasteiger partial charge in [-0.3, -0.25) is 4.55 Å². The second-order valence-corrected chi connectivity index (χ2v) is 10.6. The predicted octanol–water partition coefficient (Wildman–Crippen LogP) is 2.47. The van der Waals surface area contributed by atoms with E-state index in [9.17, 15) is 8.42 Å². The molecule has 0 unspecified atom stereocenters. The molecular weight excluding hydrogens is 358 g/mol. The molecule has 0 aromatic rings. The van der Waals surface area contributed by atoms with Crippen molar-refractivity contribution in [3.05, 3.63) is 0 Å². The fraction of sp³-hybridized carbons (Fsp3) is 1.00. The van der Waals surface area contributed by atoms with E-state index in [0.29, 0.717) is 24.0 Å². The molecule has 6 aliphatic rings. The zero-order valence-electron chi connectivity index (χ0n) is 15.4. The van der Waals surface area contributed by atoms with Gasteiger partial charge in [-0.15, -0.1) is 0 Å². The van der Waals surface area contributed by atoms with E-state index in [-0.39, 0.29) is 0 Å². The first-order chi connectivity index (χ1) is 12.2. The highest BCUT2D eigenvalue weighted by molar-refractivity contribution is 7.85. The minimum atomic E-state index is -3.67. The van der Waals surface area contributed by atoms with E-state index in [1.165, 1.54) is 32.1 Å². The maximum Gasteiger partial charge on any atom is 0.261 e. The first-order valence-electron chi connectivity index (χ1n) is 9.91. The summed E-state index contributed by atoms with van der Waals surface area (Å²) in [4.78, 5) is 11.9. The normalized spacial score (nSPS) is 49.4. The van der Waals surface area contributed by atoms with E-state index in [1.807, 2.05) is 0 Å². The van der Waals surface area contributed by atoms with Crippen LogP contribution in [0.2, 0.25) is 0 Å². The third-order valence-electron chi connectivity index (χ3n) is 7.15. The molecule has 7 nitrogen and oxygen atoms in total. The van der Waals surface area contributed by atoms with Gasteiger partial charge >= 0.3 is 0 Å². The summed E-state index contributed by atoms with van der Waals surface area (Å²) in [5.41, 5.74) is 5.81. The topological polar surface area (TPSA) is 108 Å². The second kappa shape index (κ2) is 6.67. The van der Waals surface area contributed by atoms with Gasteiger partial charge in [-0.25, -0.2) is 0 Å². The van der Waals surface area contributed by atoms with Crippen molar-refractivity contribution in [3.63, 3.8) is 0 Å². The molecular formula is C18H31NO6S. The molecule has 1 saturated heterocycles. The minimum absolute atomic E-state index is 0.400. The average Bonchev–Trinajstić information content (AvgIpc) is 2.92. The number of hydrogen-bond donors (Lipinski definition) is 2. The first-order valence-corrected chi connectivity index (χ1v) is 11.8. The van der Waals surface area contributed by atoms with Crippen molar-refractivity contribution in [2.24, 2.45) is 35.3 Å². The molecule has 0 amide bonds. The summed E-state index contributed by atoms with van der Waals surface area (Å²) in [5, 5.41) is 0. The zero-order chi connectivity index (χ0) is 18.6. The Morgan fingerprint density at radius 1 is 1.00 bits per heavy atom. The van der Waals surface area contributed by atoms with E-state index in [0.717, 1.165) is 44.1 Å². The smallest absolute Gasteiger partial charge is 0.261 e. The van der Waals surface area contributed by atoms with Gasteiger partial charge in [-0.2, -0.15) is 18.2 Å². The highest BCUT2D eigenvalue weighted by atomic mass is 32.2. The molecule has 26 heavy (non-hydrogen) atoms. The molecule has 0 aromatic carbocycles. The molecule has 1 heterocycles. The van der Waals surface area contributed by atoms with Gasteiger partial charge in [0.1, 0.15) is 0 Å². The molecule has 4 bridgehead atoms. The van der Waals surface area contributed by atoms with E-state index in [2.05, 4.69) is 0 Å². The lowest BCUT2D eigenvalue weighted by Crippen LogP contribution is -2.59. The molecule has 5 aliphatic carbocycles. The summed E-state index contributed by atoms with van der Waals surface area (Å²) in [6.07, 6.45) is 11.4. The molecule has 1 aliphatic heterocycles. The average molecular weight is 390 g/mol. The van der Waals surface area contributed by atoms with Crippen LogP contribution in [0.25, 0.3) is 0 Å². The summed E-state index contributed by atoms with van der Waals surface area (Å²) in [6, 6.07) is 0. The van der Waals surface area contributed by atoms with E-state index < -0.39 is 21.7 Å². The van der Waals surface area contributed by atoms with Crippen molar-refractivity contribution in [1.82, 2.24) is 0 Å². The largest absolute Gasteiger partial charge is 0.330 e. The Labute approximate surface area is 155 Å². The van der Waals surface area contributed by atoms with Crippen molar-refractivity contribution < 1.29 is 27.5 Å². The van der Waals surface area contributed by atoms with Crippen LogP contribution < -0.4 is 5.73 Å². The summed E-state index contributed by atoms with van der Waals surface area (Å²) >= 11 is 0. The fourth-order valence-corrected chi connectivity index (χ4v) is 6.15. The molecule has 5 saturated carbocycles. The zero-order valence-corrected chi connectivity index (χ0v) is 16.2. The lowest BCUT2D eigenvalue weighted by Gasteiger charge is -2.57. The second-order valence-electron chi connectivity index (χ2n) is 9.12. The predicted molar refractivity (Wildman–Crippen MR) is 94.2 cm³/mol. The monoisotopic (exact) mass is 389 g/mol. The molecule has 0 aromatic heterocycles. The van der Waals surface area contributed by atoms with Crippen molar-refractivity contribution in [3.8, 4) is 0 Å². The van der Waals surface area contributed by atoms with Gasteiger partial charge in [0.05, 0.1) is 6.26 Å². The Bertz CT molecular complexity index is 592. The molecule has 6 rings (SSSR count). The van der Waals surface area contributed by atoms with Gasteiger partial charge in [-0.1, -0.05) is 0 Å². The summed E-state index contributed by atoms with van der Waals surface area (Å²) in [7, 11) is -3.67. The van der Waals surface area contributed by atoms with Crippen molar-refractivity contribution in [2.45, 2.75) is 69.4 Å². The van der Waals surface area contributed by atoms with Crippen molar-refractivity contribution in [1.29, 1.82) is 0 Å². The Balaban J connectivity index is 0.000000301. The van der Waals surface area contributed by atoms with Gasteiger partial charge in [0.25, 0.3) is 10.1 Å². The number of ether oxygens (including phenoxy) is 1. The van der Waals surface area contributed by atoms with Crippen LogP contribution in [0.4, 0.5) is 0 Å². The van der Waals surface area contributed by atoms with Crippen LogP contribution in [0.5, 0.6) is 0 Å². The highest BCUT2D eigenvalue weighted by Crippen LogP contribution is 2.63. The van der Waals surface area contributed by atoms with Crippen LogP contribution in [-0.4, -0.2) is 37.3 Å². The number of rotatable bonds is 1. The first kappa shape index (κ1) is 19.1. The third-order valence-corrected chi connectivity index (χ3v) is 7.15. The van der Waals surface area contributed by atoms with Gasteiger partial charge < -0.3 is 10.5 Å². The van der Waals surface area contributed by atoms with Crippen LogP contribution in [0, 0.1) is 29.6 Å². The van der Waals surface area contributed by atoms with Gasteiger partial charge in [0, 0.05) is 24.7 Å². The lowest BCUT2D eigenvalue weighted by atomic mass is 9.53. The number of nitrogens with two attached hydrogens (primary N) is 1. The van der Waals surface area contributed by atoms with Crippen LogP contribution in [0.1, 0.15) is 57.8 Å². The van der Waals surface area contributed by atoms with E-state index >= 15 is 0 Å². The molecule has 0 atom stereocenters. The van der Waals surface area contributed by atoms with Gasteiger partial charge in [0.2, 0.25) is 11.6 Å². The fourth-order valence-electron chi connectivity index (χ4n) is 6.15.